The molecule has 8 heteroatoms. The predicted octanol–water partition coefficient (Wildman–Crippen LogP) is 2.11. The number of nitrogens with one attached hydrogen (secondary N) is 2. The lowest BCUT2D eigenvalue weighted by atomic mass is 9.72. The number of hydrogen-bond donors (Lipinski definition) is 2. The van der Waals surface area contributed by atoms with Gasteiger partial charge in [-0.25, -0.2) is 9.97 Å². The summed E-state index contributed by atoms with van der Waals surface area (Å²) in [5.74, 6) is 3.08. The SMILES string of the molecule is COc1nc(C)nc2sc(NC3=CC[C@@]4(CN5CCC4CC5)N3)nc12. The van der Waals surface area contributed by atoms with Crippen LogP contribution in [0.4, 0.5) is 5.13 Å². The molecule has 0 unspecified atom stereocenters. The first-order valence-corrected chi connectivity index (χ1v) is 9.64. The Morgan fingerprint density at radius 1 is 1.32 bits per heavy atom. The summed E-state index contributed by atoms with van der Waals surface area (Å²) in [6.07, 6.45) is 5.98. The lowest BCUT2D eigenvalue weighted by Gasteiger charge is -2.52. The van der Waals surface area contributed by atoms with E-state index in [1.165, 1.54) is 37.3 Å². The minimum absolute atomic E-state index is 0.212. The molecule has 0 amide bonds. The molecule has 0 radical (unpaired) electrons. The van der Waals surface area contributed by atoms with E-state index < -0.39 is 0 Å². The maximum absolute atomic E-state index is 5.34. The third-order valence-electron chi connectivity index (χ3n) is 5.70. The average Bonchev–Trinajstić information content (AvgIpc) is 3.19. The number of hydrogen-bond acceptors (Lipinski definition) is 8. The van der Waals surface area contributed by atoms with Gasteiger partial charge in [0.2, 0.25) is 5.88 Å². The summed E-state index contributed by atoms with van der Waals surface area (Å²) >= 11 is 1.53. The van der Waals surface area contributed by atoms with Gasteiger partial charge >= 0.3 is 0 Å². The first kappa shape index (κ1) is 15.3. The van der Waals surface area contributed by atoms with Crippen molar-refractivity contribution in [1.29, 1.82) is 0 Å². The van der Waals surface area contributed by atoms with Gasteiger partial charge in [0.15, 0.2) is 15.5 Å². The normalized spacial score (nSPS) is 30.6. The number of fused-ring (bicyclic) bond motifs is 3. The van der Waals surface area contributed by atoms with Crippen LogP contribution in [-0.4, -0.2) is 52.1 Å². The smallest absolute Gasteiger partial charge is 0.244 e. The molecule has 4 aliphatic rings. The number of rotatable bonds is 3. The summed E-state index contributed by atoms with van der Waals surface area (Å²) in [5, 5.41) is 8.05. The molecule has 6 rings (SSSR count). The van der Waals surface area contributed by atoms with Crippen LogP contribution in [0.15, 0.2) is 11.9 Å². The number of anilines is 1. The summed E-state index contributed by atoms with van der Waals surface area (Å²) in [4.78, 5) is 16.9. The zero-order chi connectivity index (χ0) is 17.0. The monoisotopic (exact) mass is 358 g/mol. The highest BCUT2D eigenvalue weighted by Crippen LogP contribution is 2.41. The maximum atomic E-state index is 5.34. The van der Waals surface area contributed by atoms with Crippen LogP contribution >= 0.6 is 11.3 Å². The Morgan fingerprint density at radius 2 is 2.16 bits per heavy atom. The predicted molar refractivity (Wildman–Crippen MR) is 97.9 cm³/mol. The van der Waals surface area contributed by atoms with E-state index in [1.54, 1.807) is 7.11 Å². The molecule has 1 atom stereocenters. The maximum Gasteiger partial charge on any atom is 0.244 e. The van der Waals surface area contributed by atoms with E-state index in [2.05, 4.69) is 36.6 Å². The molecule has 1 spiro atoms. The van der Waals surface area contributed by atoms with Crippen LogP contribution in [0, 0.1) is 12.8 Å². The number of ether oxygens (including phenoxy) is 1. The molecular weight excluding hydrogens is 336 g/mol. The molecule has 3 saturated heterocycles. The third-order valence-corrected chi connectivity index (χ3v) is 6.57. The Balaban J connectivity index is 1.37. The minimum atomic E-state index is 0.212. The lowest BCUT2D eigenvalue weighted by molar-refractivity contribution is 0.0189. The molecule has 2 aromatic heterocycles. The van der Waals surface area contributed by atoms with Gasteiger partial charge in [0.25, 0.3) is 0 Å². The van der Waals surface area contributed by atoms with Crippen molar-refractivity contribution >= 4 is 26.8 Å². The Labute approximate surface area is 150 Å². The van der Waals surface area contributed by atoms with Crippen molar-refractivity contribution in [3.63, 3.8) is 0 Å². The fourth-order valence-corrected chi connectivity index (χ4v) is 5.38. The van der Waals surface area contributed by atoms with E-state index in [1.807, 2.05) is 6.92 Å². The molecular formula is C17H22N6OS. The van der Waals surface area contributed by atoms with Gasteiger partial charge in [-0.1, -0.05) is 11.3 Å². The summed E-state index contributed by atoms with van der Waals surface area (Å²) in [5.41, 5.74) is 0.931. The van der Waals surface area contributed by atoms with Gasteiger partial charge in [-0.3, -0.25) is 0 Å². The zero-order valence-electron chi connectivity index (χ0n) is 14.5. The molecule has 2 bridgehead atoms. The van der Waals surface area contributed by atoms with Crippen molar-refractivity contribution in [1.82, 2.24) is 25.2 Å². The van der Waals surface area contributed by atoms with Gasteiger partial charge in [0.1, 0.15) is 11.6 Å². The number of aromatic nitrogens is 3. The molecule has 2 N–H and O–H groups in total. The van der Waals surface area contributed by atoms with E-state index >= 15 is 0 Å². The van der Waals surface area contributed by atoms with E-state index in [0.717, 1.165) is 40.2 Å². The summed E-state index contributed by atoms with van der Waals surface area (Å²) in [6.45, 7) is 5.53. The van der Waals surface area contributed by atoms with E-state index in [9.17, 15) is 0 Å². The molecule has 0 aliphatic carbocycles. The van der Waals surface area contributed by atoms with Crippen molar-refractivity contribution in [2.75, 3.05) is 32.1 Å². The van der Waals surface area contributed by atoms with Crippen molar-refractivity contribution in [3.8, 4) is 5.88 Å². The van der Waals surface area contributed by atoms with Crippen LogP contribution in [0.2, 0.25) is 0 Å². The molecule has 7 nitrogen and oxygen atoms in total. The Bertz CT molecular complexity index is 856. The van der Waals surface area contributed by atoms with Crippen molar-refractivity contribution < 1.29 is 4.74 Å². The third kappa shape index (κ3) is 2.46. The molecule has 2 aromatic rings. The van der Waals surface area contributed by atoms with Crippen LogP contribution in [0.3, 0.4) is 0 Å². The number of thiazole rings is 1. The summed E-state index contributed by atoms with van der Waals surface area (Å²) < 4.78 is 5.34. The van der Waals surface area contributed by atoms with E-state index in [-0.39, 0.29) is 5.54 Å². The van der Waals surface area contributed by atoms with E-state index in [4.69, 9.17) is 4.74 Å². The van der Waals surface area contributed by atoms with Gasteiger partial charge in [-0.15, -0.1) is 0 Å². The van der Waals surface area contributed by atoms with Crippen molar-refractivity contribution in [3.05, 3.63) is 17.7 Å². The largest absolute Gasteiger partial charge is 0.479 e. The quantitative estimate of drug-likeness (QED) is 0.870. The van der Waals surface area contributed by atoms with Gasteiger partial charge in [-0.2, -0.15) is 4.98 Å². The average molecular weight is 358 g/mol. The molecule has 6 heterocycles. The molecule has 3 fully saturated rings. The highest BCUT2D eigenvalue weighted by Gasteiger charge is 2.48. The molecule has 0 aromatic carbocycles. The van der Waals surface area contributed by atoms with E-state index in [0.29, 0.717) is 11.7 Å². The minimum Gasteiger partial charge on any atom is -0.479 e. The van der Waals surface area contributed by atoms with Crippen LogP contribution in [-0.2, 0) is 0 Å². The Morgan fingerprint density at radius 3 is 2.88 bits per heavy atom. The van der Waals surface area contributed by atoms with Gasteiger partial charge in [0, 0.05) is 6.54 Å². The second-order valence-electron chi connectivity index (χ2n) is 7.23. The number of nitrogens with zero attached hydrogens (tertiary/aromatic N) is 4. The number of aryl methyl sites for hydroxylation is 1. The standard InChI is InChI=1S/C17H22N6OS/c1-10-18-14(24-2)13-15(19-10)25-16(21-13)20-12-3-6-17(22-12)9-23-7-4-11(17)5-8-23/h3,11,22H,4-9H2,1-2H3,(H,20,21)/t17-/m0/s1. The number of methoxy groups -OCH3 is 1. The van der Waals surface area contributed by atoms with Crippen molar-refractivity contribution in [2.45, 2.75) is 31.7 Å². The summed E-state index contributed by atoms with van der Waals surface area (Å²) in [7, 11) is 1.62. The van der Waals surface area contributed by atoms with Crippen molar-refractivity contribution in [2.24, 2.45) is 5.92 Å². The second kappa shape index (κ2) is 5.54. The van der Waals surface area contributed by atoms with Crippen LogP contribution in [0.25, 0.3) is 10.3 Å². The van der Waals surface area contributed by atoms with Gasteiger partial charge in [0.05, 0.1) is 12.6 Å². The zero-order valence-corrected chi connectivity index (χ0v) is 15.3. The highest BCUT2D eigenvalue weighted by molar-refractivity contribution is 7.21. The topological polar surface area (TPSA) is 75.2 Å². The van der Waals surface area contributed by atoms with Crippen LogP contribution < -0.4 is 15.4 Å². The Kier molecular flexibility index (Phi) is 3.40. The molecule has 0 saturated carbocycles. The Hall–Kier alpha value is -1.93. The lowest BCUT2D eigenvalue weighted by Crippen LogP contribution is -2.64. The van der Waals surface area contributed by atoms with Crippen LogP contribution in [0.5, 0.6) is 5.88 Å². The highest BCUT2D eigenvalue weighted by atomic mass is 32.1. The molecule has 4 aliphatic heterocycles. The van der Waals surface area contributed by atoms with Gasteiger partial charge in [-0.05, 0) is 51.3 Å². The first-order chi connectivity index (χ1) is 12.1. The van der Waals surface area contributed by atoms with Gasteiger partial charge < -0.3 is 20.3 Å². The second-order valence-corrected chi connectivity index (χ2v) is 8.21. The number of piperidine rings is 3. The summed E-state index contributed by atoms with van der Waals surface area (Å²) in [6, 6.07) is 0. The fourth-order valence-electron chi connectivity index (χ4n) is 4.49. The molecule has 25 heavy (non-hydrogen) atoms. The molecule has 132 valence electrons. The van der Waals surface area contributed by atoms with Crippen LogP contribution in [0.1, 0.15) is 25.1 Å². The first-order valence-electron chi connectivity index (χ1n) is 8.82. The fraction of sp³-hybridized carbons (Fsp3) is 0.588.